The third kappa shape index (κ3) is 4.23. The first-order valence-electron chi connectivity index (χ1n) is 8.43. The zero-order chi connectivity index (χ0) is 21.9. The summed E-state index contributed by atoms with van der Waals surface area (Å²) in [6, 6.07) is 5.24. The van der Waals surface area contributed by atoms with Crippen molar-refractivity contribution < 1.29 is 23.9 Å². The van der Waals surface area contributed by atoms with E-state index in [9.17, 15) is 18.8 Å². The van der Waals surface area contributed by atoms with E-state index in [2.05, 4.69) is 17.2 Å². The van der Waals surface area contributed by atoms with Crippen molar-refractivity contribution in [3.63, 3.8) is 0 Å². The van der Waals surface area contributed by atoms with Gasteiger partial charge in [-0.1, -0.05) is 6.58 Å². The number of carbonyl (C=O) groups excluding carboxylic acids is 3. The van der Waals surface area contributed by atoms with Crippen LogP contribution in [0, 0.1) is 31.0 Å². The zero-order valence-corrected chi connectivity index (χ0v) is 16.1. The molecule has 1 aromatic heterocycles. The lowest BCUT2D eigenvalue weighted by Gasteiger charge is -2.08. The Hall–Kier alpha value is -3.77. The Kier molecular flexibility index (Phi) is 6.31. The maximum Gasteiger partial charge on any atom is 0.296 e. The van der Waals surface area contributed by atoms with E-state index in [4.69, 9.17) is 10.4 Å². The molecule has 2 aromatic rings. The molecule has 0 saturated carbocycles. The second-order valence-corrected chi connectivity index (χ2v) is 6.30. The van der Waals surface area contributed by atoms with Gasteiger partial charge in [-0.25, -0.2) is 4.39 Å². The maximum absolute atomic E-state index is 13.5. The molecule has 0 aliphatic carbocycles. The highest BCUT2D eigenvalue weighted by Gasteiger charge is 2.28. The minimum absolute atomic E-state index is 0.0304. The number of aliphatic hydroxyl groups excluding tert-OH is 1. The average molecular weight is 398 g/mol. The number of aliphatic hydroxyl groups is 1. The Labute approximate surface area is 166 Å². The normalized spacial score (nSPS) is 10.2. The van der Waals surface area contributed by atoms with Gasteiger partial charge in [0, 0.05) is 24.1 Å². The van der Waals surface area contributed by atoms with E-state index in [1.807, 2.05) is 0 Å². The van der Waals surface area contributed by atoms with E-state index in [0.29, 0.717) is 5.69 Å². The van der Waals surface area contributed by atoms with Gasteiger partial charge >= 0.3 is 0 Å². The Morgan fingerprint density at radius 3 is 2.55 bits per heavy atom. The van der Waals surface area contributed by atoms with Crippen LogP contribution in [0.4, 0.5) is 10.1 Å². The molecule has 2 rings (SSSR count). The summed E-state index contributed by atoms with van der Waals surface area (Å²) in [7, 11) is 1.56. The van der Waals surface area contributed by atoms with Gasteiger partial charge in [0.2, 0.25) is 0 Å². The summed E-state index contributed by atoms with van der Waals surface area (Å²) in [5.74, 6) is -3.16. The summed E-state index contributed by atoms with van der Waals surface area (Å²) in [4.78, 5) is 37.4. The van der Waals surface area contributed by atoms with Crippen LogP contribution in [0.25, 0.3) is 0 Å². The molecule has 0 unspecified atom stereocenters. The number of nitrogens with one attached hydrogen (secondary N) is 2. The summed E-state index contributed by atoms with van der Waals surface area (Å²) >= 11 is 0. The van der Waals surface area contributed by atoms with Crippen molar-refractivity contribution in [1.29, 1.82) is 5.26 Å². The minimum atomic E-state index is -0.981. The van der Waals surface area contributed by atoms with Gasteiger partial charge in [0.25, 0.3) is 17.6 Å². The molecule has 0 aliphatic heterocycles. The number of nitriles is 1. The number of ketones is 1. The summed E-state index contributed by atoms with van der Waals surface area (Å²) in [6.45, 7) is 5.99. The molecular weight excluding hydrogens is 379 g/mol. The second-order valence-electron chi connectivity index (χ2n) is 6.30. The van der Waals surface area contributed by atoms with E-state index >= 15 is 0 Å². The largest absolute Gasteiger partial charge is 0.390 e. The van der Waals surface area contributed by atoms with Crippen molar-refractivity contribution in [3.8, 4) is 6.07 Å². The fourth-order valence-corrected chi connectivity index (χ4v) is 2.88. The first-order chi connectivity index (χ1) is 13.6. The third-order valence-corrected chi connectivity index (χ3v) is 4.40. The number of hydrogen-bond acceptors (Lipinski definition) is 5. The molecule has 3 N–H and O–H groups in total. The number of amides is 2. The number of anilines is 1. The Bertz CT molecular complexity index is 1080. The standard InChI is InChI=1S/C20H19FN4O4/c1-10(9-26)23-20(29)18(27)16-11(2)17(25(4)12(16)3)19(28)24-14-5-6-15(21)13(7-14)8-22/h5-7,26H,1,9H2,2-4H3,(H,23,29)(H,24,28). The second kappa shape index (κ2) is 8.50. The predicted molar refractivity (Wildman–Crippen MR) is 103 cm³/mol. The zero-order valence-electron chi connectivity index (χ0n) is 16.1. The molecule has 8 nitrogen and oxygen atoms in total. The average Bonchev–Trinajstić information content (AvgIpc) is 2.91. The molecule has 0 saturated heterocycles. The van der Waals surface area contributed by atoms with Crippen molar-refractivity contribution in [1.82, 2.24) is 9.88 Å². The summed E-state index contributed by atoms with van der Waals surface area (Å²) in [6.07, 6.45) is 0. The van der Waals surface area contributed by atoms with Gasteiger partial charge in [-0.3, -0.25) is 14.4 Å². The van der Waals surface area contributed by atoms with Crippen LogP contribution in [0.3, 0.4) is 0 Å². The van der Waals surface area contributed by atoms with Crippen LogP contribution in [-0.4, -0.2) is 33.9 Å². The van der Waals surface area contributed by atoms with Gasteiger partial charge in [-0.05, 0) is 37.6 Å². The number of Topliss-reactive ketones (excluding diaryl/α,β-unsaturated/α-hetero) is 1. The van der Waals surface area contributed by atoms with Crippen LogP contribution in [-0.2, 0) is 11.8 Å². The number of rotatable bonds is 6. The molecule has 0 atom stereocenters. The summed E-state index contributed by atoms with van der Waals surface area (Å²) in [5.41, 5.74) is 0.798. The van der Waals surface area contributed by atoms with Crippen LogP contribution in [0.2, 0.25) is 0 Å². The van der Waals surface area contributed by atoms with Crippen molar-refractivity contribution >= 4 is 23.3 Å². The van der Waals surface area contributed by atoms with Crippen molar-refractivity contribution in [2.45, 2.75) is 13.8 Å². The molecule has 9 heteroatoms. The van der Waals surface area contributed by atoms with E-state index in [-0.39, 0.29) is 33.8 Å². The number of hydrogen-bond donors (Lipinski definition) is 3. The molecule has 150 valence electrons. The van der Waals surface area contributed by atoms with E-state index in [0.717, 1.165) is 6.07 Å². The highest BCUT2D eigenvalue weighted by Crippen LogP contribution is 2.23. The number of benzene rings is 1. The molecule has 1 heterocycles. The SMILES string of the molecule is C=C(CO)NC(=O)C(=O)c1c(C)c(C(=O)Nc2ccc(F)c(C#N)c2)n(C)c1C. The lowest BCUT2D eigenvalue weighted by Crippen LogP contribution is -2.31. The van der Waals surface area contributed by atoms with Crippen molar-refractivity contribution in [2.24, 2.45) is 7.05 Å². The van der Waals surface area contributed by atoms with Gasteiger partial charge in [0.05, 0.1) is 17.7 Å². The van der Waals surface area contributed by atoms with E-state index in [1.165, 1.54) is 23.6 Å². The van der Waals surface area contributed by atoms with Crippen LogP contribution in [0.15, 0.2) is 30.5 Å². The lowest BCUT2D eigenvalue weighted by atomic mass is 10.0. The van der Waals surface area contributed by atoms with Crippen LogP contribution >= 0.6 is 0 Å². The Morgan fingerprint density at radius 1 is 1.31 bits per heavy atom. The molecule has 29 heavy (non-hydrogen) atoms. The number of nitrogens with zero attached hydrogens (tertiary/aromatic N) is 2. The molecule has 0 fully saturated rings. The quantitative estimate of drug-likeness (QED) is 0.505. The van der Waals surface area contributed by atoms with Gasteiger partial charge in [-0.2, -0.15) is 5.26 Å². The molecule has 1 aromatic carbocycles. The third-order valence-electron chi connectivity index (χ3n) is 4.40. The fraction of sp³-hybridized carbons (Fsp3) is 0.200. The Morgan fingerprint density at radius 2 is 1.97 bits per heavy atom. The van der Waals surface area contributed by atoms with Gasteiger partial charge < -0.3 is 20.3 Å². The molecule has 0 spiro atoms. The van der Waals surface area contributed by atoms with E-state index in [1.54, 1.807) is 20.0 Å². The number of carbonyl (C=O) groups is 3. The van der Waals surface area contributed by atoms with Crippen molar-refractivity contribution in [3.05, 3.63) is 64.4 Å². The van der Waals surface area contributed by atoms with Gasteiger partial charge in [-0.15, -0.1) is 0 Å². The Balaban J connectivity index is 2.38. The smallest absolute Gasteiger partial charge is 0.296 e. The van der Waals surface area contributed by atoms with Gasteiger partial charge in [0.15, 0.2) is 0 Å². The summed E-state index contributed by atoms with van der Waals surface area (Å²) in [5, 5.41) is 22.6. The number of halogens is 1. The topological polar surface area (TPSA) is 124 Å². The highest BCUT2D eigenvalue weighted by atomic mass is 19.1. The van der Waals surface area contributed by atoms with Crippen LogP contribution in [0.1, 0.15) is 37.7 Å². The highest BCUT2D eigenvalue weighted by molar-refractivity contribution is 6.44. The fourth-order valence-electron chi connectivity index (χ4n) is 2.88. The van der Waals surface area contributed by atoms with Crippen molar-refractivity contribution in [2.75, 3.05) is 11.9 Å². The first kappa shape index (κ1) is 21.5. The molecule has 0 bridgehead atoms. The minimum Gasteiger partial charge on any atom is -0.390 e. The number of aromatic nitrogens is 1. The van der Waals surface area contributed by atoms with Gasteiger partial charge in [0.1, 0.15) is 17.6 Å². The monoisotopic (exact) mass is 398 g/mol. The molecule has 2 amide bonds. The van der Waals surface area contributed by atoms with Crippen LogP contribution < -0.4 is 10.6 Å². The first-order valence-corrected chi connectivity index (χ1v) is 8.43. The summed E-state index contributed by atoms with van der Waals surface area (Å²) < 4.78 is 14.9. The molecule has 0 aliphatic rings. The van der Waals surface area contributed by atoms with Crippen LogP contribution in [0.5, 0.6) is 0 Å². The molecule has 0 radical (unpaired) electrons. The maximum atomic E-state index is 13.5. The predicted octanol–water partition coefficient (Wildman–Crippen LogP) is 1.71. The molecular formula is C20H19FN4O4. The van der Waals surface area contributed by atoms with E-state index < -0.39 is 30.0 Å². The lowest BCUT2D eigenvalue weighted by molar-refractivity contribution is -0.116.